The zero-order valence-electron chi connectivity index (χ0n) is 52.8. The Kier molecular flexibility index (Phi) is 59.0. The van der Waals surface area contributed by atoms with Crippen molar-refractivity contribution in [1.29, 1.82) is 0 Å². The van der Waals surface area contributed by atoms with E-state index in [9.17, 15) is 19.0 Å². The number of allylic oxidation sites excluding steroid dienone is 8. The maximum atomic E-state index is 12.8. The van der Waals surface area contributed by atoms with Crippen molar-refractivity contribution in [3.05, 3.63) is 48.6 Å². The minimum atomic E-state index is -4.64. The summed E-state index contributed by atoms with van der Waals surface area (Å²) in [5.74, 6) is -0.837. The molecule has 0 aromatic rings. The molecule has 0 aliphatic carbocycles. The van der Waals surface area contributed by atoms with Crippen LogP contribution in [0.1, 0.15) is 328 Å². The van der Waals surface area contributed by atoms with E-state index in [2.05, 4.69) is 62.5 Å². The number of likely N-dealkylation sites (N-methyl/N-ethyl adjacent to an activating group) is 1. The highest BCUT2D eigenvalue weighted by atomic mass is 31.2. The molecule has 0 rings (SSSR count). The highest BCUT2D eigenvalue weighted by Gasteiger charge is 2.22. The molecule has 0 aromatic carbocycles. The summed E-state index contributed by atoms with van der Waals surface area (Å²) in [5.41, 5.74) is 0. The Hall–Kier alpha value is -2.03. The van der Waals surface area contributed by atoms with Crippen molar-refractivity contribution >= 4 is 19.8 Å². The molecule has 0 bridgehead atoms. The summed E-state index contributed by atoms with van der Waals surface area (Å²) >= 11 is 0. The molecule has 0 fully saturated rings. The van der Waals surface area contributed by atoms with Crippen molar-refractivity contribution in [2.45, 2.75) is 335 Å². The monoisotopic (exact) mass is 1130 g/mol. The van der Waals surface area contributed by atoms with Crippen LogP contribution in [0.4, 0.5) is 0 Å². The van der Waals surface area contributed by atoms with Crippen LogP contribution >= 0.6 is 7.82 Å². The van der Waals surface area contributed by atoms with Gasteiger partial charge in [-0.05, 0) is 51.4 Å². The fourth-order valence-electron chi connectivity index (χ4n) is 9.95. The Bertz CT molecular complexity index is 1470. The molecule has 0 aliphatic heterocycles. The number of phosphoric ester groups is 1. The van der Waals surface area contributed by atoms with Crippen LogP contribution in [0.5, 0.6) is 0 Å². The van der Waals surface area contributed by atoms with Gasteiger partial charge in [-0.2, -0.15) is 0 Å². The first kappa shape index (κ1) is 77.0. The first-order chi connectivity index (χ1) is 38.5. The van der Waals surface area contributed by atoms with Crippen LogP contribution in [0, 0.1) is 0 Å². The summed E-state index contributed by atoms with van der Waals surface area (Å²) in [6.45, 7) is 4.16. The molecular weight excluding hydrogens is 1000 g/mol. The lowest BCUT2D eigenvalue weighted by molar-refractivity contribution is -0.870. The van der Waals surface area contributed by atoms with Crippen molar-refractivity contribution in [3.63, 3.8) is 0 Å². The van der Waals surface area contributed by atoms with Crippen molar-refractivity contribution in [1.82, 2.24) is 0 Å². The number of rotatable bonds is 63. The van der Waals surface area contributed by atoms with E-state index in [1.54, 1.807) is 0 Å². The molecule has 0 spiro atoms. The van der Waals surface area contributed by atoms with Gasteiger partial charge in [-0.25, -0.2) is 0 Å². The van der Waals surface area contributed by atoms with Gasteiger partial charge >= 0.3 is 11.9 Å². The minimum absolute atomic E-state index is 0.0338. The first-order valence-corrected chi connectivity index (χ1v) is 35.3. The smallest absolute Gasteiger partial charge is 0.306 e. The zero-order chi connectivity index (χ0) is 57.7. The van der Waals surface area contributed by atoms with E-state index in [1.807, 2.05) is 21.1 Å². The largest absolute Gasteiger partial charge is 0.756 e. The van der Waals surface area contributed by atoms with Crippen LogP contribution in [0.25, 0.3) is 0 Å². The molecule has 0 N–H and O–H groups in total. The predicted molar refractivity (Wildman–Crippen MR) is 337 cm³/mol. The lowest BCUT2D eigenvalue weighted by atomic mass is 10.0. The zero-order valence-corrected chi connectivity index (χ0v) is 53.7. The van der Waals surface area contributed by atoms with E-state index in [0.29, 0.717) is 17.4 Å². The second kappa shape index (κ2) is 60.6. The summed E-state index contributed by atoms with van der Waals surface area (Å²) in [5, 5.41) is 0. The summed E-state index contributed by atoms with van der Waals surface area (Å²) in [7, 11) is 1.16. The van der Waals surface area contributed by atoms with Gasteiger partial charge in [0.05, 0.1) is 27.7 Å². The van der Waals surface area contributed by atoms with E-state index in [1.165, 1.54) is 212 Å². The molecule has 0 radical (unpaired) electrons. The molecular formula is C69H130NO8P. The SMILES string of the molecule is CC/C=C\C/C=C\C/C=C\C/C=C\CCCCCCCCC(=O)OC(COC(=O)CCCCCCCCCCCCCCCCCCCCCCCCCCCCCCCCCCCCCC)COP(=O)([O-])OCC[N+](C)(C)C. The quantitative estimate of drug-likeness (QED) is 0.0195. The van der Waals surface area contributed by atoms with Crippen LogP contribution in [-0.4, -0.2) is 70.0 Å². The highest BCUT2D eigenvalue weighted by molar-refractivity contribution is 7.45. The van der Waals surface area contributed by atoms with Gasteiger partial charge in [0.1, 0.15) is 19.8 Å². The molecule has 0 aromatic heterocycles. The molecule has 79 heavy (non-hydrogen) atoms. The lowest BCUT2D eigenvalue weighted by Crippen LogP contribution is -2.37. The number of carbonyl (C=O) groups is 2. The van der Waals surface area contributed by atoms with Crippen LogP contribution in [0.2, 0.25) is 0 Å². The molecule has 0 heterocycles. The van der Waals surface area contributed by atoms with Gasteiger partial charge in [-0.1, -0.05) is 313 Å². The number of phosphoric acid groups is 1. The summed E-state index contributed by atoms with van der Waals surface area (Å²) in [6.07, 6.45) is 77.8. The topological polar surface area (TPSA) is 111 Å². The Labute approximate surface area is 490 Å². The molecule has 2 atom stereocenters. The number of esters is 2. The summed E-state index contributed by atoms with van der Waals surface area (Å²) in [6, 6.07) is 0. The maximum absolute atomic E-state index is 12.8. The van der Waals surface area contributed by atoms with E-state index in [0.717, 1.165) is 83.5 Å². The van der Waals surface area contributed by atoms with Crippen molar-refractivity contribution in [3.8, 4) is 0 Å². The third-order valence-corrected chi connectivity index (χ3v) is 16.1. The number of hydrogen-bond acceptors (Lipinski definition) is 8. The molecule has 0 aliphatic rings. The van der Waals surface area contributed by atoms with E-state index in [-0.39, 0.29) is 32.0 Å². The van der Waals surface area contributed by atoms with Gasteiger partial charge in [-0.3, -0.25) is 14.2 Å². The second-order valence-electron chi connectivity index (χ2n) is 24.2. The molecule has 0 saturated carbocycles. The fourth-order valence-corrected chi connectivity index (χ4v) is 10.7. The average molecular weight is 1130 g/mol. The summed E-state index contributed by atoms with van der Waals surface area (Å²) in [4.78, 5) is 37.9. The van der Waals surface area contributed by atoms with Crippen LogP contribution < -0.4 is 4.89 Å². The molecule has 9 nitrogen and oxygen atoms in total. The molecule has 0 amide bonds. The number of hydrogen-bond donors (Lipinski definition) is 0. The highest BCUT2D eigenvalue weighted by Crippen LogP contribution is 2.38. The molecule has 2 unspecified atom stereocenters. The van der Waals surface area contributed by atoms with Gasteiger partial charge in [0, 0.05) is 12.8 Å². The van der Waals surface area contributed by atoms with Gasteiger partial charge in [0.2, 0.25) is 0 Å². The standard InChI is InChI=1S/C69H130NO8P/c1-6-8-10-12-14-16-18-20-22-24-26-27-28-29-30-31-32-33-34-35-36-37-38-39-40-41-42-44-45-47-49-51-53-55-57-59-61-68(71)75-65-67(66-77-79(73,74)76-64-63-70(3,4)5)78-69(72)62-60-58-56-54-52-50-48-46-43-25-23-21-19-17-15-13-11-9-7-2/h9,11,15,17,21,23,43,46,67H,6-8,10,12-14,16,18-20,22,24-42,44-45,47-66H2,1-5H3/b11-9-,17-15-,23-21-,46-43-. The van der Waals surface area contributed by atoms with Gasteiger partial charge in [-0.15, -0.1) is 0 Å². The average Bonchev–Trinajstić information content (AvgIpc) is 3.41. The Morgan fingerprint density at radius 1 is 0.405 bits per heavy atom. The van der Waals surface area contributed by atoms with Crippen molar-refractivity contribution < 1.29 is 42.1 Å². The van der Waals surface area contributed by atoms with E-state index >= 15 is 0 Å². The number of unbranched alkanes of at least 4 members (excludes halogenated alkanes) is 41. The van der Waals surface area contributed by atoms with Gasteiger partial charge < -0.3 is 27.9 Å². The van der Waals surface area contributed by atoms with Crippen molar-refractivity contribution in [2.75, 3.05) is 47.5 Å². The van der Waals surface area contributed by atoms with Gasteiger partial charge in [0.15, 0.2) is 6.10 Å². The predicted octanol–water partition coefficient (Wildman–Crippen LogP) is 21.0. The Morgan fingerprint density at radius 2 is 0.722 bits per heavy atom. The van der Waals surface area contributed by atoms with E-state index < -0.39 is 26.5 Å². The third kappa shape index (κ3) is 65.0. The molecule has 464 valence electrons. The minimum Gasteiger partial charge on any atom is -0.756 e. The number of carbonyl (C=O) groups excluding carboxylic acids is 2. The second-order valence-corrected chi connectivity index (χ2v) is 25.6. The van der Waals surface area contributed by atoms with Gasteiger partial charge in [0.25, 0.3) is 7.82 Å². The maximum Gasteiger partial charge on any atom is 0.306 e. The fraction of sp³-hybridized carbons (Fsp3) is 0.855. The van der Waals surface area contributed by atoms with Crippen LogP contribution in [0.3, 0.4) is 0 Å². The normalized spacial score (nSPS) is 13.4. The number of quaternary nitrogens is 1. The Morgan fingerprint density at radius 3 is 1.08 bits per heavy atom. The number of nitrogens with zero attached hydrogens (tertiary/aromatic N) is 1. The van der Waals surface area contributed by atoms with Crippen LogP contribution in [-0.2, 0) is 32.7 Å². The third-order valence-electron chi connectivity index (χ3n) is 15.1. The summed E-state index contributed by atoms with van der Waals surface area (Å²) < 4.78 is 34.2. The molecule has 0 saturated heterocycles. The first-order valence-electron chi connectivity index (χ1n) is 33.8. The lowest BCUT2D eigenvalue weighted by Gasteiger charge is -2.28. The van der Waals surface area contributed by atoms with E-state index in [4.69, 9.17) is 18.5 Å². The van der Waals surface area contributed by atoms with Crippen LogP contribution in [0.15, 0.2) is 48.6 Å². The Balaban J connectivity index is 3.94. The molecule has 10 heteroatoms. The number of ether oxygens (including phenoxy) is 2. The van der Waals surface area contributed by atoms with Crippen molar-refractivity contribution in [2.24, 2.45) is 0 Å².